The van der Waals surface area contributed by atoms with Crippen molar-refractivity contribution in [2.24, 2.45) is 0 Å². The molecule has 0 aliphatic heterocycles. The summed E-state index contributed by atoms with van der Waals surface area (Å²) in [6.45, 7) is 0. The maximum absolute atomic E-state index is 5.66. The summed E-state index contributed by atoms with van der Waals surface area (Å²) in [4.78, 5) is 7.82. The molecule has 0 atom stereocenters. The molecule has 3 heteroatoms. The minimum absolute atomic E-state index is 0.704. The SMILES string of the molecule is Nc1ccc(-c2ncc(C3CCC3)[nH]2)cc1. The van der Waals surface area contributed by atoms with E-state index < -0.39 is 0 Å². The number of nitrogens with zero attached hydrogens (tertiary/aromatic N) is 1. The van der Waals surface area contributed by atoms with Crippen LogP contribution in [-0.4, -0.2) is 9.97 Å². The number of nitrogens with one attached hydrogen (secondary N) is 1. The van der Waals surface area contributed by atoms with Gasteiger partial charge in [0.2, 0.25) is 0 Å². The molecule has 1 aliphatic carbocycles. The molecule has 3 nitrogen and oxygen atoms in total. The van der Waals surface area contributed by atoms with E-state index in [0.29, 0.717) is 5.92 Å². The molecule has 0 saturated heterocycles. The smallest absolute Gasteiger partial charge is 0.137 e. The molecule has 16 heavy (non-hydrogen) atoms. The second-order valence-corrected chi connectivity index (χ2v) is 4.44. The van der Waals surface area contributed by atoms with Crippen LogP contribution in [0.25, 0.3) is 11.4 Å². The van der Waals surface area contributed by atoms with E-state index in [1.807, 2.05) is 30.5 Å². The fourth-order valence-electron chi connectivity index (χ4n) is 2.05. The number of nitrogens with two attached hydrogens (primary N) is 1. The number of imidazole rings is 1. The maximum atomic E-state index is 5.66. The molecule has 82 valence electrons. The lowest BCUT2D eigenvalue weighted by atomic mass is 9.83. The van der Waals surface area contributed by atoms with Crippen LogP contribution >= 0.6 is 0 Å². The van der Waals surface area contributed by atoms with Gasteiger partial charge >= 0.3 is 0 Å². The number of nitrogen functional groups attached to an aromatic ring is 1. The first-order valence-electron chi connectivity index (χ1n) is 5.74. The Hall–Kier alpha value is -1.77. The van der Waals surface area contributed by atoms with Crippen molar-refractivity contribution in [3.8, 4) is 11.4 Å². The highest BCUT2D eigenvalue weighted by Crippen LogP contribution is 2.35. The molecule has 1 aromatic heterocycles. The van der Waals surface area contributed by atoms with Gasteiger partial charge in [0.05, 0.1) is 0 Å². The summed E-state index contributed by atoms with van der Waals surface area (Å²) >= 11 is 0. The number of rotatable bonds is 2. The highest BCUT2D eigenvalue weighted by atomic mass is 14.9. The summed E-state index contributed by atoms with van der Waals surface area (Å²) in [5.41, 5.74) is 8.82. The monoisotopic (exact) mass is 213 g/mol. The van der Waals surface area contributed by atoms with Gasteiger partial charge in [0.15, 0.2) is 0 Å². The average molecular weight is 213 g/mol. The second-order valence-electron chi connectivity index (χ2n) is 4.44. The highest BCUT2D eigenvalue weighted by molar-refractivity contribution is 5.58. The number of anilines is 1. The zero-order valence-electron chi connectivity index (χ0n) is 9.11. The molecule has 1 fully saturated rings. The van der Waals surface area contributed by atoms with Crippen LogP contribution in [0.15, 0.2) is 30.5 Å². The van der Waals surface area contributed by atoms with Crippen molar-refractivity contribution in [1.82, 2.24) is 9.97 Å². The zero-order chi connectivity index (χ0) is 11.0. The third-order valence-electron chi connectivity index (χ3n) is 3.32. The maximum Gasteiger partial charge on any atom is 0.137 e. The number of H-pyrrole nitrogens is 1. The van der Waals surface area contributed by atoms with Crippen LogP contribution in [0.1, 0.15) is 30.9 Å². The minimum atomic E-state index is 0.704. The fourth-order valence-corrected chi connectivity index (χ4v) is 2.05. The van der Waals surface area contributed by atoms with Crippen molar-refractivity contribution in [3.63, 3.8) is 0 Å². The van der Waals surface area contributed by atoms with Crippen molar-refractivity contribution >= 4 is 5.69 Å². The van der Waals surface area contributed by atoms with Gasteiger partial charge in [0.25, 0.3) is 0 Å². The Morgan fingerprint density at radius 3 is 2.56 bits per heavy atom. The summed E-state index contributed by atoms with van der Waals surface area (Å²) in [6.07, 6.45) is 5.91. The lowest BCUT2D eigenvalue weighted by Gasteiger charge is -2.23. The van der Waals surface area contributed by atoms with Crippen LogP contribution in [0.3, 0.4) is 0 Å². The van der Waals surface area contributed by atoms with E-state index in [-0.39, 0.29) is 0 Å². The third-order valence-corrected chi connectivity index (χ3v) is 3.32. The number of aromatic amines is 1. The van der Waals surface area contributed by atoms with Gasteiger partial charge in [-0.1, -0.05) is 6.42 Å². The van der Waals surface area contributed by atoms with Crippen molar-refractivity contribution in [2.75, 3.05) is 5.73 Å². The number of benzene rings is 1. The van der Waals surface area contributed by atoms with E-state index in [1.54, 1.807) is 0 Å². The van der Waals surface area contributed by atoms with Gasteiger partial charge in [0, 0.05) is 29.1 Å². The van der Waals surface area contributed by atoms with Crippen LogP contribution < -0.4 is 5.73 Å². The average Bonchev–Trinajstić information content (AvgIpc) is 2.65. The third kappa shape index (κ3) is 1.58. The van der Waals surface area contributed by atoms with Gasteiger partial charge in [-0.05, 0) is 37.1 Å². The Bertz CT molecular complexity index is 480. The van der Waals surface area contributed by atoms with Gasteiger partial charge in [-0.25, -0.2) is 4.98 Å². The second kappa shape index (κ2) is 3.67. The van der Waals surface area contributed by atoms with Gasteiger partial charge in [0.1, 0.15) is 5.82 Å². The van der Waals surface area contributed by atoms with E-state index in [4.69, 9.17) is 5.73 Å². The Kier molecular flexibility index (Phi) is 2.17. The molecule has 0 bridgehead atoms. The number of aromatic nitrogens is 2. The van der Waals surface area contributed by atoms with Crippen LogP contribution in [0.5, 0.6) is 0 Å². The van der Waals surface area contributed by atoms with Crippen LogP contribution in [0, 0.1) is 0 Å². The van der Waals surface area contributed by atoms with Crippen molar-refractivity contribution in [3.05, 3.63) is 36.2 Å². The fraction of sp³-hybridized carbons (Fsp3) is 0.308. The van der Waals surface area contributed by atoms with Gasteiger partial charge in [-0.2, -0.15) is 0 Å². The molecule has 3 N–H and O–H groups in total. The number of hydrogen-bond acceptors (Lipinski definition) is 2. The van der Waals surface area contributed by atoms with E-state index in [9.17, 15) is 0 Å². The lowest BCUT2D eigenvalue weighted by Crippen LogP contribution is -2.08. The summed E-state index contributed by atoms with van der Waals surface area (Å²) in [7, 11) is 0. The summed E-state index contributed by atoms with van der Waals surface area (Å²) in [6, 6.07) is 7.80. The van der Waals surface area contributed by atoms with E-state index in [1.165, 1.54) is 25.0 Å². The minimum Gasteiger partial charge on any atom is -0.399 e. The Balaban J connectivity index is 1.88. The van der Waals surface area contributed by atoms with Gasteiger partial charge < -0.3 is 10.7 Å². The molecule has 2 aromatic rings. The van der Waals surface area contributed by atoms with E-state index in [2.05, 4.69) is 9.97 Å². The Morgan fingerprint density at radius 1 is 1.19 bits per heavy atom. The van der Waals surface area contributed by atoms with E-state index >= 15 is 0 Å². The molecular formula is C13H15N3. The first-order valence-corrected chi connectivity index (χ1v) is 5.74. The normalized spacial score (nSPS) is 16.0. The van der Waals surface area contributed by atoms with Crippen LogP contribution in [0.4, 0.5) is 5.69 Å². The van der Waals surface area contributed by atoms with Crippen molar-refractivity contribution < 1.29 is 0 Å². The Labute approximate surface area is 94.7 Å². The lowest BCUT2D eigenvalue weighted by molar-refractivity contribution is 0.412. The first-order chi connectivity index (χ1) is 7.83. The molecule has 1 saturated carbocycles. The van der Waals surface area contributed by atoms with Crippen molar-refractivity contribution in [1.29, 1.82) is 0 Å². The molecule has 0 amide bonds. The standard InChI is InChI=1S/C13H15N3/c14-11-6-4-10(5-7-11)13-15-8-12(16-13)9-2-1-3-9/h4-9H,1-3,14H2,(H,15,16). The van der Waals surface area contributed by atoms with Gasteiger partial charge in [-0.3, -0.25) is 0 Å². The van der Waals surface area contributed by atoms with Crippen LogP contribution in [-0.2, 0) is 0 Å². The summed E-state index contributed by atoms with van der Waals surface area (Å²) < 4.78 is 0. The van der Waals surface area contributed by atoms with Crippen molar-refractivity contribution in [2.45, 2.75) is 25.2 Å². The topological polar surface area (TPSA) is 54.7 Å². The first kappa shape index (κ1) is 9.46. The Morgan fingerprint density at radius 2 is 1.94 bits per heavy atom. The highest BCUT2D eigenvalue weighted by Gasteiger charge is 2.21. The summed E-state index contributed by atoms with van der Waals surface area (Å²) in [5, 5.41) is 0. The molecule has 3 rings (SSSR count). The number of hydrogen-bond donors (Lipinski definition) is 2. The predicted molar refractivity (Wildman–Crippen MR) is 65.0 cm³/mol. The molecule has 1 aromatic carbocycles. The van der Waals surface area contributed by atoms with Gasteiger partial charge in [-0.15, -0.1) is 0 Å². The molecule has 0 radical (unpaired) electrons. The summed E-state index contributed by atoms with van der Waals surface area (Å²) in [5.74, 6) is 1.65. The molecular weight excluding hydrogens is 198 g/mol. The predicted octanol–water partition coefficient (Wildman–Crippen LogP) is 2.93. The molecule has 0 unspecified atom stereocenters. The molecule has 0 spiro atoms. The molecule has 1 heterocycles. The van der Waals surface area contributed by atoms with Crippen LogP contribution in [0.2, 0.25) is 0 Å². The molecule has 1 aliphatic rings. The quantitative estimate of drug-likeness (QED) is 0.753. The largest absolute Gasteiger partial charge is 0.399 e. The van der Waals surface area contributed by atoms with E-state index in [0.717, 1.165) is 17.1 Å². The zero-order valence-corrected chi connectivity index (χ0v) is 9.11.